The molecule has 0 radical (unpaired) electrons. The molecule has 0 aliphatic rings. The highest BCUT2D eigenvalue weighted by atomic mass is 19.4. The molecule has 0 aromatic carbocycles. The lowest BCUT2D eigenvalue weighted by molar-refractivity contribution is -0.274. The second-order valence-corrected chi connectivity index (χ2v) is 2.92. The zero-order chi connectivity index (χ0) is 13.9. The number of pyridine rings is 1. The zero-order valence-electron chi connectivity index (χ0n) is 8.91. The summed E-state index contributed by atoms with van der Waals surface area (Å²) < 4.78 is 44.4. The number of aromatic nitrogens is 1. The minimum atomic E-state index is -5.09. The molecule has 6 nitrogen and oxygen atoms in total. The van der Waals surface area contributed by atoms with Crippen molar-refractivity contribution in [3.63, 3.8) is 0 Å². The Hall–Kier alpha value is -2.50. The van der Waals surface area contributed by atoms with E-state index in [2.05, 4.69) is 14.5 Å². The number of nitrogens with zero attached hydrogens (tertiary/aromatic N) is 2. The molecule has 0 aliphatic carbocycles. The molecule has 1 rings (SSSR count). The van der Waals surface area contributed by atoms with Gasteiger partial charge in [-0.25, -0.2) is 9.78 Å². The fourth-order valence-corrected chi connectivity index (χ4v) is 1.11. The molecule has 0 spiro atoms. The summed E-state index contributed by atoms with van der Waals surface area (Å²) in [5.41, 5.74) is 3.52. The Balaban J connectivity index is 3.47. The monoisotopic (exact) mass is 261 g/mol. The van der Waals surface area contributed by atoms with Crippen molar-refractivity contribution >= 4 is 11.7 Å². The third kappa shape index (κ3) is 2.79. The minimum absolute atomic E-state index is 0.389. The topological polar surface area (TPSA) is 98.2 Å². The van der Waals surface area contributed by atoms with Gasteiger partial charge in [-0.15, -0.1) is 13.2 Å². The van der Waals surface area contributed by atoms with E-state index in [1.165, 1.54) is 6.07 Å². The number of nitrogen functional groups attached to an aromatic ring is 1. The number of hydrogen-bond acceptors (Lipinski definition) is 6. The van der Waals surface area contributed by atoms with Crippen LogP contribution in [0.15, 0.2) is 6.20 Å². The fourth-order valence-electron chi connectivity index (χ4n) is 1.11. The van der Waals surface area contributed by atoms with Gasteiger partial charge in [-0.1, -0.05) is 0 Å². The first kappa shape index (κ1) is 13.6. The molecular formula is C9H6F3N3O3. The van der Waals surface area contributed by atoms with Gasteiger partial charge in [0.2, 0.25) is 0 Å². The number of rotatable bonds is 2. The highest BCUT2D eigenvalue weighted by molar-refractivity contribution is 5.98. The maximum atomic E-state index is 12.2. The number of carbonyl (C=O) groups excluding carboxylic acids is 1. The minimum Gasteiger partial charge on any atom is -0.465 e. The van der Waals surface area contributed by atoms with Crippen molar-refractivity contribution < 1.29 is 27.4 Å². The number of ether oxygens (including phenoxy) is 2. The normalized spacial score (nSPS) is 10.6. The Labute approximate surface area is 98.7 Å². The number of halogens is 3. The second-order valence-electron chi connectivity index (χ2n) is 2.92. The highest BCUT2D eigenvalue weighted by Gasteiger charge is 2.36. The predicted octanol–water partition coefficient (Wildman–Crippen LogP) is 1.22. The van der Waals surface area contributed by atoms with Crippen molar-refractivity contribution in [2.75, 3.05) is 12.8 Å². The molecule has 96 valence electrons. The van der Waals surface area contributed by atoms with Crippen LogP contribution >= 0.6 is 0 Å². The van der Waals surface area contributed by atoms with Crippen LogP contribution in [0.2, 0.25) is 0 Å². The van der Waals surface area contributed by atoms with E-state index in [4.69, 9.17) is 11.0 Å². The van der Waals surface area contributed by atoms with Crippen molar-refractivity contribution in [1.29, 1.82) is 5.26 Å². The van der Waals surface area contributed by atoms with Gasteiger partial charge in [0.15, 0.2) is 11.4 Å². The number of esters is 1. The molecule has 0 unspecified atom stereocenters. The molecule has 0 amide bonds. The van der Waals surface area contributed by atoms with Crippen molar-refractivity contribution in [2.24, 2.45) is 0 Å². The first-order valence-corrected chi connectivity index (χ1v) is 4.32. The zero-order valence-corrected chi connectivity index (χ0v) is 8.91. The summed E-state index contributed by atoms with van der Waals surface area (Å²) in [6.45, 7) is 0. The summed E-state index contributed by atoms with van der Waals surface area (Å²) in [5.74, 6) is -2.23. The molecule has 2 N–H and O–H groups in total. The Kier molecular flexibility index (Phi) is 3.61. The smallest absolute Gasteiger partial charge is 0.465 e. The molecule has 0 bridgehead atoms. The van der Waals surface area contributed by atoms with Crippen LogP contribution in [0.1, 0.15) is 16.1 Å². The quantitative estimate of drug-likeness (QED) is 0.803. The van der Waals surface area contributed by atoms with Crippen molar-refractivity contribution in [3.8, 4) is 11.8 Å². The van der Waals surface area contributed by atoms with E-state index in [0.717, 1.165) is 13.3 Å². The molecule has 0 aliphatic heterocycles. The molecule has 0 saturated heterocycles. The standard InChI is InChI=1S/C9H6F3N3O3/c1-17-8(16)6-4(14)3-15-5(2-13)7(6)18-9(10,11)12/h3H,14H2,1H3. The summed E-state index contributed by atoms with van der Waals surface area (Å²) in [4.78, 5) is 14.7. The number of methoxy groups -OCH3 is 1. The number of nitriles is 1. The number of carbonyl (C=O) groups is 1. The van der Waals surface area contributed by atoms with Crippen molar-refractivity contribution in [2.45, 2.75) is 6.36 Å². The number of anilines is 1. The number of alkyl halides is 3. The van der Waals surface area contributed by atoms with Crippen LogP contribution in [0, 0.1) is 11.3 Å². The van der Waals surface area contributed by atoms with Gasteiger partial charge in [0.05, 0.1) is 19.0 Å². The summed E-state index contributed by atoms with van der Waals surface area (Å²) in [5, 5.41) is 8.63. The average Bonchev–Trinajstić information content (AvgIpc) is 2.27. The van der Waals surface area contributed by atoms with E-state index >= 15 is 0 Å². The molecular weight excluding hydrogens is 255 g/mol. The number of nitrogens with two attached hydrogens (primary N) is 1. The molecule has 1 aromatic rings. The van der Waals surface area contributed by atoms with E-state index in [1.54, 1.807) is 0 Å². The van der Waals surface area contributed by atoms with Gasteiger partial charge in [0.25, 0.3) is 0 Å². The molecule has 18 heavy (non-hydrogen) atoms. The van der Waals surface area contributed by atoms with E-state index < -0.39 is 29.3 Å². The van der Waals surface area contributed by atoms with Crippen LogP contribution in [-0.2, 0) is 4.74 Å². The van der Waals surface area contributed by atoms with E-state index in [1.807, 2.05) is 0 Å². The molecule has 0 saturated carbocycles. The third-order valence-corrected chi connectivity index (χ3v) is 1.78. The van der Waals surface area contributed by atoms with Crippen LogP contribution in [0.25, 0.3) is 0 Å². The van der Waals surface area contributed by atoms with E-state index in [9.17, 15) is 18.0 Å². The van der Waals surface area contributed by atoms with Gasteiger partial charge in [0.1, 0.15) is 11.6 Å². The van der Waals surface area contributed by atoms with Crippen LogP contribution in [0.4, 0.5) is 18.9 Å². The molecule has 9 heteroatoms. The second kappa shape index (κ2) is 4.79. The third-order valence-electron chi connectivity index (χ3n) is 1.78. The average molecular weight is 261 g/mol. The molecule has 0 fully saturated rings. The van der Waals surface area contributed by atoms with E-state index in [-0.39, 0.29) is 5.69 Å². The van der Waals surface area contributed by atoms with Crippen LogP contribution < -0.4 is 10.5 Å². The summed E-state index contributed by atoms with van der Waals surface area (Å²) >= 11 is 0. The van der Waals surface area contributed by atoms with Crippen LogP contribution in [-0.4, -0.2) is 24.4 Å². The Morgan fingerprint density at radius 3 is 2.61 bits per heavy atom. The maximum Gasteiger partial charge on any atom is 0.573 e. The largest absolute Gasteiger partial charge is 0.573 e. The van der Waals surface area contributed by atoms with Gasteiger partial charge in [-0.3, -0.25) is 0 Å². The van der Waals surface area contributed by atoms with Gasteiger partial charge in [-0.2, -0.15) is 5.26 Å². The van der Waals surface area contributed by atoms with E-state index in [0.29, 0.717) is 0 Å². The highest BCUT2D eigenvalue weighted by Crippen LogP contribution is 2.32. The SMILES string of the molecule is COC(=O)c1c(N)cnc(C#N)c1OC(F)(F)F. The van der Waals surface area contributed by atoms with Gasteiger partial charge in [-0.05, 0) is 0 Å². The van der Waals surface area contributed by atoms with Gasteiger partial charge in [0, 0.05) is 0 Å². The lowest BCUT2D eigenvalue weighted by Gasteiger charge is -2.14. The molecule has 1 heterocycles. The fraction of sp³-hybridized carbons (Fsp3) is 0.222. The summed E-state index contributed by atoms with van der Waals surface area (Å²) in [6.07, 6.45) is -4.22. The summed E-state index contributed by atoms with van der Waals surface area (Å²) in [6, 6.07) is 1.37. The Morgan fingerprint density at radius 1 is 1.56 bits per heavy atom. The number of hydrogen-bond donors (Lipinski definition) is 1. The first-order chi connectivity index (χ1) is 8.30. The Bertz CT molecular complexity index is 522. The maximum absolute atomic E-state index is 12.2. The van der Waals surface area contributed by atoms with Gasteiger partial charge < -0.3 is 15.2 Å². The molecule has 1 aromatic heterocycles. The van der Waals surface area contributed by atoms with Crippen LogP contribution in [0.5, 0.6) is 5.75 Å². The van der Waals surface area contributed by atoms with Crippen molar-refractivity contribution in [3.05, 3.63) is 17.5 Å². The lowest BCUT2D eigenvalue weighted by Crippen LogP contribution is -2.21. The predicted molar refractivity (Wildman–Crippen MR) is 51.4 cm³/mol. The molecule has 0 atom stereocenters. The first-order valence-electron chi connectivity index (χ1n) is 4.32. The van der Waals surface area contributed by atoms with Crippen molar-refractivity contribution in [1.82, 2.24) is 4.98 Å². The van der Waals surface area contributed by atoms with Crippen LogP contribution in [0.3, 0.4) is 0 Å². The Morgan fingerprint density at radius 2 is 2.17 bits per heavy atom. The summed E-state index contributed by atoms with van der Waals surface area (Å²) in [7, 11) is 0.950. The lowest BCUT2D eigenvalue weighted by atomic mass is 10.1. The van der Waals surface area contributed by atoms with Gasteiger partial charge >= 0.3 is 12.3 Å².